The summed E-state index contributed by atoms with van der Waals surface area (Å²) in [6, 6.07) is 80.6. The van der Waals surface area contributed by atoms with Crippen molar-refractivity contribution in [1.29, 1.82) is 0 Å². The molecule has 12 rings (SSSR count). The van der Waals surface area contributed by atoms with Crippen molar-refractivity contribution < 1.29 is 0 Å². The van der Waals surface area contributed by atoms with Gasteiger partial charge in [0.05, 0.1) is 22.2 Å². The Labute approximate surface area is 353 Å². The standard InChI is InChI=1S/C58H37N3/c1-4-14-38(15-5-1)41-24-27-43(28-25-41)50-37-54-53(36-49(50)42-19-8-3-9-20-42)57(48-29-26-40-18-10-11-21-44(40)32-48)60-58(59-54)61-55-31-30-47(39-16-6-2-7-17-39)34-51(55)52-33-45-22-12-13-23-46(45)35-56(52)61/h1-37H. The molecule has 284 valence electrons. The predicted octanol–water partition coefficient (Wildman–Crippen LogP) is 15.4. The number of rotatable bonds is 6. The van der Waals surface area contributed by atoms with Crippen molar-refractivity contribution >= 4 is 54.3 Å². The minimum absolute atomic E-state index is 0.635. The highest BCUT2D eigenvalue weighted by molar-refractivity contribution is 6.14. The van der Waals surface area contributed by atoms with Gasteiger partial charge in [0.1, 0.15) is 0 Å². The second kappa shape index (κ2) is 14.3. The molecular formula is C58H37N3. The molecule has 0 saturated carbocycles. The van der Waals surface area contributed by atoms with Gasteiger partial charge in [-0.05, 0) is 109 Å². The maximum Gasteiger partial charge on any atom is 0.235 e. The lowest BCUT2D eigenvalue weighted by atomic mass is 9.90. The van der Waals surface area contributed by atoms with E-state index in [0.717, 1.165) is 60.8 Å². The normalized spacial score (nSPS) is 11.6. The molecule has 3 nitrogen and oxygen atoms in total. The van der Waals surface area contributed by atoms with Crippen molar-refractivity contribution in [3.05, 3.63) is 224 Å². The molecule has 0 saturated heterocycles. The molecule has 0 aliphatic rings. The first-order valence-electron chi connectivity index (χ1n) is 20.8. The number of benzene rings is 10. The number of nitrogens with zero attached hydrogens (tertiary/aromatic N) is 3. The molecule has 0 unspecified atom stereocenters. The van der Waals surface area contributed by atoms with Crippen LogP contribution in [-0.2, 0) is 0 Å². The fraction of sp³-hybridized carbons (Fsp3) is 0. The fourth-order valence-corrected chi connectivity index (χ4v) is 9.12. The van der Waals surface area contributed by atoms with Crippen LogP contribution in [0, 0.1) is 0 Å². The Hall–Kier alpha value is -8.14. The number of fused-ring (bicyclic) bond motifs is 6. The van der Waals surface area contributed by atoms with E-state index in [2.05, 4.69) is 229 Å². The van der Waals surface area contributed by atoms with Crippen molar-refractivity contribution in [2.45, 2.75) is 0 Å². The van der Waals surface area contributed by atoms with Crippen molar-refractivity contribution in [1.82, 2.24) is 14.5 Å². The van der Waals surface area contributed by atoms with Crippen LogP contribution in [0.1, 0.15) is 0 Å². The number of hydrogen-bond acceptors (Lipinski definition) is 2. The molecule has 61 heavy (non-hydrogen) atoms. The van der Waals surface area contributed by atoms with Crippen LogP contribution in [0.5, 0.6) is 0 Å². The van der Waals surface area contributed by atoms with Gasteiger partial charge in [-0.3, -0.25) is 4.57 Å². The Morgan fingerprint density at radius 2 is 0.770 bits per heavy atom. The average Bonchev–Trinajstić information content (AvgIpc) is 3.65. The summed E-state index contributed by atoms with van der Waals surface area (Å²) in [5, 5.41) is 8.07. The van der Waals surface area contributed by atoms with Gasteiger partial charge in [0.15, 0.2) is 0 Å². The highest BCUT2D eigenvalue weighted by Crippen LogP contribution is 2.42. The summed E-state index contributed by atoms with van der Waals surface area (Å²) in [6.45, 7) is 0. The maximum atomic E-state index is 5.62. The molecular weight excluding hydrogens is 739 g/mol. The van der Waals surface area contributed by atoms with Gasteiger partial charge in [0.2, 0.25) is 5.95 Å². The highest BCUT2D eigenvalue weighted by atomic mass is 15.2. The molecule has 10 aromatic carbocycles. The van der Waals surface area contributed by atoms with Crippen LogP contribution in [0.15, 0.2) is 224 Å². The van der Waals surface area contributed by atoms with Crippen LogP contribution in [0.4, 0.5) is 0 Å². The zero-order chi connectivity index (χ0) is 40.3. The Morgan fingerprint density at radius 1 is 0.279 bits per heavy atom. The fourth-order valence-electron chi connectivity index (χ4n) is 9.12. The molecule has 0 N–H and O–H groups in total. The zero-order valence-corrected chi connectivity index (χ0v) is 33.2. The van der Waals surface area contributed by atoms with Gasteiger partial charge in [0.25, 0.3) is 0 Å². The second-order valence-electron chi connectivity index (χ2n) is 15.8. The van der Waals surface area contributed by atoms with Crippen molar-refractivity contribution in [2.24, 2.45) is 0 Å². The van der Waals surface area contributed by atoms with Crippen LogP contribution in [0.25, 0.3) is 116 Å². The minimum atomic E-state index is 0.635. The number of hydrogen-bond donors (Lipinski definition) is 0. The first-order chi connectivity index (χ1) is 30.2. The van der Waals surface area contributed by atoms with Gasteiger partial charge in [-0.25, -0.2) is 9.97 Å². The molecule has 0 atom stereocenters. The van der Waals surface area contributed by atoms with E-state index in [4.69, 9.17) is 9.97 Å². The van der Waals surface area contributed by atoms with Gasteiger partial charge >= 0.3 is 0 Å². The van der Waals surface area contributed by atoms with Gasteiger partial charge < -0.3 is 0 Å². The van der Waals surface area contributed by atoms with E-state index in [0.29, 0.717) is 5.95 Å². The third kappa shape index (κ3) is 6.06. The summed E-state index contributed by atoms with van der Waals surface area (Å²) < 4.78 is 2.27. The van der Waals surface area contributed by atoms with E-state index in [1.165, 1.54) is 49.2 Å². The Kier molecular flexibility index (Phi) is 8.17. The summed E-state index contributed by atoms with van der Waals surface area (Å²) in [5.41, 5.74) is 14.2. The van der Waals surface area contributed by atoms with Gasteiger partial charge in [-0.15, -0.1) is 0 Å². The molecule has 0 spiro atoms. The summed E-state index contributed by atoms with van der Waals surface area (Å²) in [6.07, 6.45) is 0. The lowest BCUT2D eigenvalue weighted by molar-refractivity contribution is 1.01. The van der Waals surface area contributed by atoms with E-state index in [1.807, 2.05) is 0 Å². The molecule has 2 heterocycles. The van der Waals surface area contributed by atoms with Crippen LogP contribution in [-0.4, -0.2) is 14.5 Å². The summed E-state index contributed by atoms with van der Waals surface area (Å²) in [5.74, 6) is 0.635. The molecule has 0 bridgehead atoms. The van der Waals surface area contributed by atoms with E-state index in [9.17, 15) is 0 Å². The smallest absolute Gasteiger partial charge is 0.235 e. The average molecular weight is 776 g/mol. The third-order valence-corrected chi connectivity index (χ3v) is 12.2. The zero-order valence-electron chi connectivity index (χ0n) is 33.2. The lowest BCUT2D eigenvalue weighted by Crippen LogP contribution is -2.04. The second-order valence-corrected chi connectivity index (χ2v) is 15.8. The van der Waals surface area contributed by atoms with E-state index < -0.39 is 0 Å². The Bertz CT molecular complexity index is 3610. The van der Waals surface area contributed by atoms with Gasteiger partial charge in [0, 0.05) is 21.7 Å². The molecule has 2 aromatic heterocycles. The third-order valence-electron chi connectivity index (χ3n) is 12.2. The van der Waals surface area contributed by atoms with Gasteiger partial charge in [-0.1, -0.05) is 182 Å². The first-order valence-corrected chi connectivity index (χ1v) is 20.8. The largest absolute Gasteiger partial charge is 0.278 e. The van der Waals surface area contributed by atoms with E-state index in [-0.39, 0.29) is 0 Å². The van der Waals surface area contributed by atoms with Crippen molar-refractivity contribution in [3.63, 3.8) is 0 Å². The molecule has 0 amide bonds. The molecule has 0 radical (unpaired) electrons. The SMILES string of the molecule is c1ccc(-c2ccc(-c3cc4nc(-n5c6ccc(-c7ccccc7)cc6c6cc7ccccc7cc65)nc(-c5ccc6ccccc6c5)c4cc3-c3ccccc3)cc2)cc1. The van der Waals surface area contributed by atoms with Crippen LogP contribution in [0.3, 0.4) is 0 Å². The van der Waals surface area contributed by atoms with Crippen LogP contribution in [0.2, 0.25) is 0 Å². The molecule has 0 fully saturated rings. The van der Waals surface area contributed by atoms with Crippen molar-refractivity contribution in [3.8, 4) is 61.7 Å². The quantitative estimate of drug-likeness (QED) is 0.168. The van der Waals surface area contributed by atoms with Crippen LogP contribution >= 0.6 is 0 Å². The number of aromatic nitrogens is 3. The Balaban J connectivity index is 1.16. The van der Waals surface area contributed by atoms with Crippen LogP contribution < -0.4 is 0 Å². The molecule has 0 aliphatic carbocycles. The first kappa shape index (κ1) is 34.9. The Morgan fingerprint density at radius 3 is 1.48 bits per heavy atom. The topological polar surface area (TPSA) is 30.7 Å². The van der Waals surface area contributed by atoms with Crippen molar-refractivity contribution in [2.75, 3.05) is 0 Å². The summed E-state index contributed by atoms with van der Waals surface area (Å²) in [4.78, 5) is 11.2. The minimum Gasteiger partial charge on any atom is -0.278 e. The molecule has 0 aliphatic heterocycles. The molecule has 12 aromatic rings. The van der Waals surface area contributed by atoms with E-state index in [1.54, 1.807) is 0 Å². The highest BCUT2D eigenvalue weighted by Gasteiger charge is 2.21. The monoisotopic (exact) mass is 775 g/mol. The lowest BCUT2D eigenvalue weighted by Gasteiger charge is -2.17. The van der Waals surface area contributed by atoms with Gasteiger partial charge in [-0.2, -0.15) is 0 Å². The van der Waals surface area contributed by atoms with E-state index >= 15 is 0 Å². The molecule has 3 heteroatoms. The summed E-state index contributed by atoms with van der Waals surface area (Å²) >= 11 is 0. The maximum absolute atomic E-state index is 5.62. The summed E-state index contributed by atoms with van der Waals surface area (Å²) in [7, 11) is 0. The predicted molar refractivity (Wildman–Crippen MR) is 256 cm³/mol.